The molecule has 1 amide bonds. The molecule has 0 saturated heterocycles. The van der Waals surface area contributed by atoms with Crippen molar-refractivity contribution in [2.24, 2.45) is 0 Å². The van der Waals surface area contributed by atoms with Crippen LogP contribution in [0.15, 0.2) is 52.5 Å². The van der Waals surface area contributed by atoms with Gasteiger partial charge >= 0.3 is 0 Å². The lowest BCUT2D eigenvalue weighted by molar-refractivity contribution is -0.121. The normalized spacial score (nSPS) is 11.9. The molecular weight excluding hydrogens is 476 g/mol. The van der Waals surface area contributed by atoms with Crippen LogP contribution in [0.2, 0.25) is 0 Å². The van der Waals surface area contributed by atoms with E-state index in [1.807, 2.05) is 42.6 Å². The molecular formula is C27H30N4O4S. The van der Waals surface area contributed by atoms with E-state index in [2.05, 4.69) is 20.3 Å². The summed E-state index contributed by atoms with van der Waals surface area (Å²) >= 11 is 1.45. The van der Waals surface area contributed by atoms with E-state index in [0.717, 1.165) is 35.2 Å². The highest BCUT2D eigenvalue weighted by Gasteiger charge is 2.22. The number of fused-ring (bicyclic) bond motifs is 1. The first-order chi connectivity index (χ1) is 17.6. The van der Waals surface area contributed by atoms with Crippen LogP contribution in [0.4, 0.5) is 0 Å². The van der Waals surface area contributed by atoms with E-state index in [1.54, 1.807) is 19.5 Å². The molecule has 3 aromatic heterocycles. The van der Waals surface area contributed by atoms with Crippen LogP contribution in [-0.2, 0) is 16.0 Å². The number of Topliss-reactive ketones (excluding diaryl/α,β-unsaturated/α-hetero) is 1. The molecule has 1 unspecified atom stereocenters. The fraction of sp³-hybridized carbons (Fsp3) is 0.370. The van der Waals surface area contributed by atoms with Crippen LogP contribution in [0, 0.1) is 0 Å². The number of unbranched alkanes of at least 4 members (excludes halogenated alkanes) is 2. The highest BCUT2D eigenvalue weighted by molar-refractivity contribution is 7.09. The van der Waals surface area contributed by atoms with E-state index < -0.39 is 6.04 Å². The molecule has 4 aromatic rings. The number of carbonyl (C=O) groups excluding carboxylic acids is 2. The first-order valence-corrected chi connectivity index (χ1v) is 13.0. The van der Waals surface area contributed by atoms with Crippen LogP contribution >= 0.6 is 11.3 Å². The van der Waals surface area contributed by atoms with Gasteiger partial charge in [0.25, 0.3) is 0 Å². The van der Waals surface area contributed by atoms with Crippen LogP contribution in [0.1, 0.15) is 62.4 Å². The molecule has 0 fully saturated rings. The van der Waals surface area contributed by atoms with Crippen LogP contribution in [0.5, 0.6) is 5.88 Å². The number of oxazole rings is 1. The van der Waals surface area contributed by atoms with E-state index in [1.165, 1.54) is 11.3 Å². The summed E-state index contributed by atoms with van der Waals surface area (Å²) in [5, 5.41) is 6.63. The Morgan fingerprint density at radius 1 is 1.17 bits per heavy atom. The van der Waals surface area contributed by atoms with Crippen molar-refractivity contribution in [1.29, 1.82) is 0 Å². The Morgan fingerprint density at radius 3 is 2.81 bits per heavy atom. The fourth-order valence-electron chi connectivity index (χ4n) is 4.01. The van der Waals surface area contributed by atoms with Gasteiger partial charge in [-0.2, -0.15) is 0 Å². The van der Waals surface area contributed by atoms with Crippen LogP contribution < -0.4 is 10.1 Å². The third-order valence-electron chi connectivity index (χ3n) is 5.94. The van der Waals surface area contributed by atoms with Gasteiger partial charge in [0.1, 0.15) is 16.8 Å². The number of methoxy groups -OCH3 is 1. The minimum Gasteiger partial charge on any atom is -0.480 e. The SMILES string of the molecule is CCC(=O)CCCCCC(NC(=O)Cc1nccs1)c1ncc(-c2cc3ccccc3nc2OC)o1. The number of ether oxygens (including phenoxy) is 1. The Hall–Kier alpha value is -3.59. The summed E-state index contributed by atoms with van der Waals surface area (Å²) in [4.78, 5) is 37.6. The summed E-state index contributed by atoms with van der Waals surface area (Å²) in [6.45, 7) is 1.89. The summed E-state index contributed by atoms with van der Waals surface area (Å²) in [5.41, 5.74) is 1.52. The van der Waals surface area contributed by atoms with Gasteiger partial charge in [0.05, 0.1) is 30.8 Å². The largest absolute Gasteiger partial charge is 0.480 e. The van der Waals surface area contributed by atoms with Crippen LogP contribution in [0.25, 0.3) is 22.2 Å². The second kappa shape index (κ2) is 12.4. The van der Waals surface area contributed by atoms with E-state index in [9.17, 15) is 9.59 Å². The summed E-state index contributed by atoms with van der Waals surface area (Å²) in [5.74, 6) is 1.53. The number of amides is 1. The number of nitrogens with one attached hydrogen (secondary N) is 1. The number of benzene rings is 1. The van der Waals surface area contributed by atoms with Gasteiger partial charge in [0.15, 0.2) is 5.76 Å². The van der Waals surface area contributed by atoms with Crippen molar-refractivity contribution in [2.75, 3.05) is 7.11 Å². The Balaban J connectivity index is 1.52. The predicted octanol–water partition coefficient (Wildman–Crippen LogP) is 5.68. The van der Waals surface area contributed by atoms with Crippen molar-refractivity contribution in [3.63, 3.8) is 0 Å². The molecule has 1 N–H and O–H groups in total. The van der Waals surface area contributed by atoms with Gasteiger partial charge in [-0.25, -0.2) is 15.0 Å². The first-order valence-electron chi connectivity index (χ1n) is 12.2. The zero-order chi connectivity index (χ0) is 25.3. The molecule has 1 aromatic carbocycles. The molecule has 188 valence electrons. The molecule has 8 nitrogen and oxygen atoms in total. The minimum atomic E-state index is -0.396. The number of ketones is 1. The molecule has 0 aliphatic carbocycles. The smallest absolute Gasteiger partial charge is 0.227 e. The second-order valence-electron chi connectivity index (χ2n) is 8.51. The number of nitrogens with zero attached hydrogens (tertiary/aromatic N) is 3. The number of rotatable bonds is 13. The van der Waals surface area contributed by atoms with E-state index >= 15 is 0 Å². The minimum absolute atomic E-state index is 0.138. The fourth-order valence-corrected chi connectivity index (χ4v) is 4.62. The molecule has 3 heterocycles. The van der Waals surface area contributed by atoms with Crippen molar-refractivity contribution >= 4 is 33.9 Å². The maximum atomic E-state index is 12.7. The quantitative estimate of drug-likeness (QED) is 0.232. The van der Waals surface area contributed by atoms with Gasteiger partial charge < -0.3 is 14.5 Å². The van der Waals surface area contributed by atoms with Gasteiger partial charge in [-0.05, 0) is 25.0 Å². The Labute approximate surface area is 214 Å². The number of carbonyl (C=O) groups is 2. The van der Waals surface area contributed by atoms with E-state index in [0.29, 0.717) is 42.4 Å². The Morgan fingerprint density at radius 2 is 2.03 bits per heavy atom. The molecule has 0 saturated carbocycles. The lowest BCUT2D eigenvalue weighted by Gasteiger charge is -2.15. The third kappa shape index (κ3) is 6.54. The predicted molar refractivity (Wildman–Crippen MR) is 139 cm³/mol. The maximum Gasteiger partial charge on any atom is 0.227 e. The zero-order valence-electron chi connectivity index (χ0n) is 20.5. The Bertz CT molecular complexity index is 1300. The summed E-state index contributed by atoms with van der Waals surface area (Å²) in [7, 11) is 1.57. The molecule has 0 aliphatic heterocycles. The highest BCUT2D eigenvalue weighted by Crippen LogP contribution is 2.33. The summed E-state index contributed by atoms with van der Waals surface area (Å²) < 4.78 is 11.7. The molecule has 0 spiro atoms. The van der Waals surface area contributed by atoms with Crippen molar-refractivity contribution in [3.8, 4) is 17.2 Å². The van der Waals surface area contributed by atoms with Crippen molar-refractivity contribution < 1.29 is 18.7 Å². The van der Waals surface area contributed by atoms with Crippen molar-refractivity contribution in [1.82, 2.24) is 20.3 Å². The lowest BCUT2D eigenvalue weighted by atomic mass is 10.0. The molecule has 4 rings (SSSR count). The number of hydrogen-bond donors (Lipinski definition) is 1. The average Bonchev–Trinajstić information content (AvgIpc) is 3.59. The summed E-state index contributed by atoms with van der Waals surface area (Å²) in [6, 6.07) is 9.36. The number of thiazole rings is 1. The van der Waals surface area contributed by atoms with Gasteiger partial charge in [-0.1, -0.05) is 38.0 Å². The van der Waals surface area contributed by atoms with Gasteiger partial charge in [0, 0.05) is 29.8 Å². The molecule has 1 atom stereocenters. The topological polar surface area (TPSA) is 107 Å². The number of para-hydroxylation sites is 1. The van der Waals surface area contributed by atoms with Crippen LogP contribution in [-0.4, -0.2) is 33.8 Å². The molecule has 0 aliphatic rings. The third-order valence-corrected chi connectivity index (χ3v) is 6.72. The molecule has 36 heavy (non-hydrogen) atoms. The highest BCUT2D eigenvalue weighted by atomic mass is 32.1. The first kappa shape index (κ1) is 25.5. The lowest BCUT2D eigenvalue weighted by Crippen LogP contribution is -2.30. The van der Waals surface area contributed by atoms with Crippen LogP contribution in [0.3, 0.4) is 0 Å². The van der Waals surface area contributed by atoms with Gasteiger partial charge in [0.2, 0.25) is 17.7 Å². The number of hydrogen-bond acceptors (Lipinski definition) is 8. The number of pyridine rings is 1. The monoisotopic (exact) mass is 506 g/mol. The van der Waals surface area contributed by atoms with Gasteiger partial charge in [-0.15, -0.1) is 11.3 Å². The van der Waals surface area contributed by atoms with Crippen molar-refractivity contribution in [2.45, 2.75) is 57.9 Å². The van der Waals surface area contributed by atoms with E-state index in [-0.39, 0.29) is 18.1 Å². The molecule has 0 bridgehead atoms. The zero-order valence-corrected chi connectivity index (χ0v) is 21.3. The molecule has 0 radical (unpaired) electrons. The standard InChI is InChI=1S/C27H30N4O4S/c1-3-19(32)10-5-4-6-12-22(30-24(33)16-25-28-13-14-36-25)27-29-17-23(35-27)20-15-18-9-7-8-11-21(18)31-26(20)34-2/h7-9,11,13-15,17,22H,3-6,10,12,16H2,1-2H3,(H,30,33). The second-order valence-corrected chi connectivity index (χ2v) is 9.49. The summed E-state index contributed by atoms with van der Waals surface area (Å²) in [6.07, 6.45) is 7.90. The number of aromatic nitrogens is 3. The average molecular weight is 507 g/mol. The van der Waals surface area contributed by atoms with Gasteiger partial charge in [-0.3, -0.25) is 9.59 Å². The molecule has 9 heteroatoms. The maximum absolute atomic E-state index is 12.7. The van der Waals surface area contributed by atoms with E-state index in [4.69, 9.17) is 9.15 Å². The van der Waals surface area contributed by atoms with Crippen molar-refractivity contribution in [3.05, 3.63) is 59.0 Å². The Kier molecular flexibility index (Phi) is 8.78.